The number of rotatable bonds is 5. The first-order valence-corrected chi connectivity index (χ1v) is 6.52. The lowest BCUT2D eigenvalue weighted by Crippen LogP contribution is -2.54. The van der Waals surface area contributed by atoms with Gasteiger partial charge in [-0.15, -0.1) is 0 Å². The largest absolute Gasteiger partial charge is 0.329 e. The van der Waals surface area contributed by atoms with Crippen LogP contribution < -0.4 is 11.1 Å². The molecule has 84 valence electrons. The molecule has 0 spiro atoms. The highest BCUT2D eigenvalue weighted by atomic mass is 32.2. The maximum atomic E-state index is 5.87. The van der Waals surface area contributed by atoms with E-state index in [9.17, 15) is 0 Å². The molecule has 4 heteroatoms. The molecular formula is C10H23N3S. The van der Waals surface area contributed by atoms with Gasteiger partial charge < -0.3 is 16.0 Å². The first-order chi connectivity index (χ1) is 6.68. The fraction of sp³-hybridized carbons (Fsp3) is 1.00. The minimum atomic E-state index is 0.237. The van der Waals surface area contributed by atoms with Gasteiger partial charge in [0, 0.05) is 25.2 Å². The van der Waals surface area contributed by atoms with Crippen LogP contribution in [0.1, 0.15) is 12.8 Å². The molecule has 0 bridgehead atoms. The Bertz CT molecular complexity index is 155. The zero-order valence-electron chi connectivity index (χ0n) is 9.38. The molecule has 1 heterocycles. The van der Waals surface area contributed by atoms with Gasteiger partial charge in [0.05, 0.1) is 0 Å². The summed E-state index contributed by atoms with van der Waals surface area (Å²) in [4.78, 5) is 2.20. The molecule has 1 fully saturated rings. The summed E-state index contributed by atoms with van der Waals surface area (Å²) in [5, 5.41) is 3.64. The maximum absolute atomic E-state index is 5.87. The molecule has 0 aliphatic carbocycles. The first kappa shape index (κ1) is 12.3. The number of thioether (sulfide) groups is 1. The zero-order chi connectivity index (χ0) is 10.4. The molecule has 0 saturated carbocycles. The van der Waals surface area contributed by atoms with E-state index in [0.29, 0.717) is 0 Å². The number of nitrogens with one attached hydrogen (secondary N) is 1. The molecule has 0 aromatic heterocycles. The summed E-state index contributed by atoms with van der Waals surface area (Å²) in [6, 6.07) is 0. The molecule has 0 radical (unpaired) electrons. The number of nitrogens with zero attached hydrogens (tertiary/aromatic N) is 1. The summed E-state index contributed by atoms with van der Waals surface area (Å²) in [7, 11) is 4.21. The van der Waals surface area contributed by atoms with Gasteiger partial charge in [0.25, 0.3) is 0 Å². The minimum Gasteiger partial charge on any atom is -0.329 e. The van der Waals surface area contributed by atoms with E-state index < -0.39 is 0 Å². The highest BCUT2D eigenvalue weighted by Crippen LogP contribution is 2.25. The van der Waals surface area contributed by atoms with Crippen molar-refractivity contribution in [1.29, 1.82) is 0 Å². The number of nitrogens with two attached hydrogens (primary N) is 1. The normalized spacial score (nSPS) is 21.4. The Balaban J connectivity index is 2.29. The van der Waals surface area contributed by atoms with Crippen LogP contribution in [0.2, 0.25) is 0 Å². The molecule has 3 nitrogen and oxygen atoms in total. The Labute approximate surface area is 91.8 Å². The van der Waals surface area contributed by atoms with Gasteiger partial charge >= 0.3 is 0 Å². The van der Waals surface area contributed by atoms with E-state index in [1.54, 1.807) is 0 Å². The predicted octanol–water partition coefficient (Wildman–Crippen LogP) is 0.362. The average Bonchev–Trinajstić information content (AvgIpc) is 2.19. The summed E-state index contributed by atoms with van der Waals surface area (Å²) < 4.78 is 0. The molecule has 1 aliphatic heterocycles. The lowest BCUT2D eigenvalue weighted by atomic mass is 9.92. The number of likely N-dealkylation sites (N-methyl/N-ethyl adjacent to an activating group) is 1. The monoisotopic (exact) mass is 217 g/mol. The Kier molecular flexibility index (Phi) is 5.23. The van der Waals surface area contributed by atoms with E-state index in [-0.39, 0.29) is 5.54 Å². The molecule has 0 amide bonds. The van der Waals surface area contributed by atoms with Crippen molar-refractivity contribution in [1.82, 2.24) is 10.2 Å². The van der Waals surface area contributed by atoms with Crippen molar-refractivity contribution in [3.63, 3.8) is 0 Å². The summed E-state index contributed by atoms with van der Waals surface area (Å²) in [5.74, 6) is 2.51. The second-order valence-corrected chi connectivity index (χ2v) is 5.55. The molecule has 0 aromatic rings. The van der Waals surface area contributed by atoms with E-state index in [1.807, 2.05) is 11.8 Å². The van der Waals surface area contributed by atoms with Crippen LogP contribution in [0, 0.1) is 0 Å². The van der Waals surface area contributed by atoms with Crippen LogP contribution in [0.15, 0.2) is 0 Å². The van der Waals surface area contributed by atoms with E-state index in [2.05, 4.69) is 24.3 Å². The van der Waals surface area contributed by atoms with Gasteiger partial charge in [-0.3, -0.25) is 0 Å². The molecular weight excluding hydrogens is 194 g/mol. The Morgan fingerprint density at radius 1 is 1.36 bits per heavy atom. The first-order valence-electron chi connectivity index (χ1n) is 5.36. The van der Waals surface area contributed by atoms with Crippen molar-refractivity contribution in [2.75, 3.05) is 45.2 Å². The Morgan fingerprint density at radius 3 is 2.50 bits per heavy atom. The average molecular weight is 217 g/mol. The van der Waals surface area contributed by atoms with Crippen LogP contribution in [-0.2, 0) is 0 Å². The zero-order valence-corrected chi connectivity index (χ0v) is 10.2. The van der Waals surface area contributed by atoms with Crippen molar-refractivity contribution in [2.45, 2.75) is 18.4 Å². The van der Waals surface area contributed by atoms with Crippen LogP contribution in [0.5, 0.6) is 0 Å². The van der Waals surface area contributed by atoms with Gasteiger partial charge in [-0.1, -0.05) is 0 Å². The van der Waals surface area contributed by atoms with Gasteiger partial charge in [0.15, 0.2) is 0 Å². The second-order valence-electron chi connectivity index (χ2n) is 4.33. The third-order valence-electron chi connectivity index (χ3n) is 2.90. The third kappa shape index (κ3) is 3.77. The molecule has 1 saturated heterocycles. The summed E-state index contributed by atoms with van der Waals surface area (Å²) in [5.41, 5.74) is 6.11. The van der Waals surface area contributed by atoms with Crippen LogP contribution in [0.25, 0.3) is 0 Å². The van der Waals surface area contributed by atoms with Gasteiger partial charge in [0.2, 0.25) is 0 Å². The fourth-order valence-electron chi connectivity index (χ4n) is 1.76. The third-order valence-corrected chi connectivity index (χ3v) is 3.89. The summed E-state index contributed by atoms with van der Waals surface area (Å²) in [6.45, 7) is 2.92. The van der Waals surface area contributed by atoms with E-state index in [1.165, 1.54) is 24.3 Å². The predicted molar refractivity (Wildman–Crippen MR) is 64.9 cm³/mol. The number of hydrogen-bond donors (Lipinski definition) is 2. The van der Waals surface area contributed by atoms with Gasteiger partial charge in [-0.2, -0.15) is 11.8 Å². The van der Waals surface area contributed by atoms with Crippen LogP contribution in [0.4, 0.5) is 0 Å². The quantitative estimate of drug-likeness (QED) is 0.698. The topological polar surface area (TPSA) is 41.3 Å². The fourth-order valence-corrected chi connectivity index (χ4v) is 3.03. The Hall–Kier alpha value is 0.230. The number of hydrogen-bond acceptors (Lipinski definition) is 4. The molecule has 1 rings (SSSR count). The van der Waals surface area contributed by atoms with Crippen molar-refractivity contribution in [2.24, 2.45) is 5.73 Å². The Morgan fingerprint density at radius 2 is 2.00 bits per heavy atom. The molecule has 0 unspecified atom stereocenters. The van der Waals surface area contributed by atoms with E-state index in [0.717, 1.165) is 19.6 Å². The lowest BCUT2D eigenvalue weighted by Gasteiger charge is -2.37. The van der Waals surface area contributed by atoms with Crippen LogP contribution in [-0.4, -0.2) is 55.7 Å². The summed E-state index contributed by atoms with van der Waals surface area (Å²) in [6.07, 6.45) is 2.45. The second kappa shape index (κ2) is 5.95. The van der Waals surface area contributed by atoms with Crippen molar-refractivity contribution >= 4 is 11.8 Å². The highest BCUT2D eigenvalue weighted by Gasteiger charge is 2.29. The van der Waals surface area contributed by atoms with Crippen LogP contribution >= 0.6 is 11.8 Å². The smallest absolute Gasteiger partial charge is 0.0320 e. The van der Waals surface area contributed by atoms with Crippen molar-refractivity contribution < 1.29 is 0 Å². The minimum absolute atomic E-state index is 0.237. The standard InChI is InChI=1S/C10H23N3S/c1-13(2)6-5-12-10(9-11)3-7-14-8-4-10/h12H,3-9,11H2,1-2H3. The van der Waals surface area contributed by atoms with Gasteiger partial charge in [0.1, 0.15) is 0 Å². The van der Waals surface area contributed by atoms with Gasteiger partial charge in [-0.05, 0) is 38.4 Å². The molecule has 0 atom stereocenters. The van der Waals surface area contributed by atoms with Crippen molar-refractivity contribution in [3.8, 4) is 0 Å². The van der Waals surface area contributed by atoms with Crippen molar-refractivity contribution in [3.05, 3.63) is 0 Å². The van der Waals surface area contributed by atoms with E-state index in [4.69, 9.17) is 5.73 Å². The molecule has 14 heavy (non-hydrogen) atoms. The lowest BCUT2D eigenvalue weighted by molar-refractivity contribution is 0.287. The summed E-state index contributed by atoms with van der Waals surface area (Å²) >= 11 is 2.05. The highest BCUT2D eigenvalue weighted by molar-refractivity contribution is 7.99. The SMILES string of the molecule is CN(C)CCNC1(CN)CCSCC1. The van der Waals surface area contributed by atoms with E-state index >= 15 is 0 Å². The van der Waals surface area contributed by atoms with Gasteiger partial charge in [-0.25, -0.2) is 0 Å². The maximum Gasteiger partial charge on any atom is 0.0320 e. The van der Waals surface area contributed by atoms with Crippen LogP contribution in [0.3, 0.4) is 0 Å². The molecule has 0 aromatic carbocycles. The molecule has 3 N–H and O–H groups in total. The molecule has 1 aliphatic rings.